The number of hydrogen-bond donors (Lipinski definition) is 2. The summed E-state index contributed by atoms with van der Waals surface area (Å²) in [5.74, 6) is 0. The Morgan fingerprint density at radius 1 is 1.53 bits per heavy atom. The first-order chi connectivity index (χ1) is 8.02. The summed E-state index contributed by atoms with van der Waals surface area (Å²) in [4.78, 5) is 3.95. The summed E-state index contributed by atoms with van der Waals surface area (Å²) in [6, 6.07) is 1.64. The van der Waals surface area contributed by atoms with Crippen molar-refractivity contribution in [3.8, 4) is 0 Å². The highest BCUT2D eigenvalue weighted by Gasteiger charge is 2.22. The number of aromatic nitrogens is 3. The summed E-state index contributed by atoms with van der Waals surface area (Å²) < 4.78 is 1.52. The number of rotatable bonds is 2. The summed E-state index contributed by atoms with van der Waals surface area (Å²) in [5.41, 5.74) is 8.04. The van der Waals surface area contributed by atoms with Gasteiger partial charge in [-0.1, -0.05) is 11.6 Å². The third-order valence-corrected chi connectivity index (χ3v) is 3.10. The molecule has 0 amide bonds. The number of nitrogens with two attached hydrogens (primary N) is 1. The Morgan fingerprint density at radius 2 is 2.24 bits per heavy atom. The summed E-state index contributed by atoms with van der Waals surface area (Å²) >= 11 is 6.09. The Kier molecular flexibility index (Phi) is 3.04. The lowest BCUT2D eigenvalue weighted by atomic mass is 10.0. The van der Waals surface area contributed by atoms with Crippen LogP contribution in [0.5, 0.6) is 0 Å². The van der Waals surface area contributed by atoms with Gasteiger partial charge in [-0.25, -0.2) is 0 Å². The van der Waals surface area contributed by atoms with Gasteiger partial charge in [0.25, 0.3) is 0 Å². The third-order valence-electron chi connectivity index (χ3n) is 2.65. The SMILES string of the molecule is Cc1nn(C)c(Cl)c1C(O)c1cnccc1N. The van der Waals surface area contributed by atoms with Gasteiger partial charge < -0.3 is 10.8 Å². The van der Waals surface area contributed by atoms with E-state index in [1.165, 1.54) is 10.9 Å². The van der Waals surface area contributed by atoms with Crippen molar-refractivity contribution in [3.63, 3.8) is 0 Å². The van der Waals surface area contributed by atoms with E-state index in [0.29, 0.717) is 27.7 Å². The fourth-order valence-corrected chi connectivity index (χ4v) is 2.04. The van der Waals surface area contributed by atoms with Crippen LogP contribution in [-0.2, 0) is 7.05 Å². The molecule has 3 N–H and O–H groups in total. The molecule has 6 heteroatoms. The molecule has 90 valence electrons. The van der Waals surface area contributed by atoms with E-state index < -0.39 is 6.10 Å². The van der Waals surface area contributed by atoms with Gasteiger partial charge >= 0.3 is 0 Å². The van der Waals surface area contributed by atoms with E-state index in [0.717, 1.165) is 0 Å². The van der Waals surface area contributed by atoms with Crippen LogP contribution >= 0.6 is 11.6 Å². The molecule has 2 heterocycles. The molecule has 0 fully saturated rings. The second-order valence-electron chi connectivity index (χ2n) is 3.82. The van der Waals surface area contributed by atoms with E-state index in [9.17, 15) is 5.11 Å². The second-order valence-corrected chi connectivity index (χ2v) is 4.18. The minimum absolute atomic E-state index is 0.401. The summed E-state index contributed by atoms with van der Waals surface area (Å²) in [6.07, 6.45) is 2.19. The molecule has 0 aliphatic heterocycles. The Labute approximate surface area is 104 Å². The van der Waals surface area contributed by atoms with E-state index in [1.54, 1.807) is 26.2 Å². The lowest BCUT2D eigenvalue weighted by molar-refractivity contribution is 0.220. The van der Waals surface area contributed by atoms with Crippen LogP contribution in [0.1, 0.15) is 22.9 Å². The second kappa shape index (κ2) is 4.35. The van der Waals surface area contributed by atoms with Gasteiger partial charge in [0.1, 0.15) is 11.3 Å². The van der Waals surface area contributed by atoms with E-state index in [1.807, 2.05) is 0 Å². The van der Waals surface area contributed by atoms with Crippen LogP contribution < -0.4 is 5.73 Å². The Balaban J connectivity index is 2.51. The maximum Gasteiger partial charge on any atom is 0.133 e. The average molecular weight is 253 g/mol. The number of nitrogens with zero attached hydrogens (tertiary/aromatic N) is 3. The Bertz CT molecular complexity index is 552. The molecular formula is C11H13ClN4O. The standard InChI is InChI=1S/C11H13ClN4O/c1-6-9(11(12)16(2)15-6)10(17)7-5-14-4-3-8(7)13/h3-5,10,17H,1-2H3,(H2,13,14). The zero-order chi connectivity index (χ0) is 12.6. The zero-order valence-corrected chi connectivity index (χ0v) is 10.3. The smallest absolute Gasteiger partial charge is 0.133 e. The minimum atomic E-state index is -0.912. The number of pyridine rings is 1. The van der Waals surface area contributed by atoms with E-state index in [-0.39, 0.29) is 0 Å². The summed E-state index contributed by atoms with van der Waals surface area (Å²) in [7, 11) is 1.72. The topological polar surface area (TPSA) is 77.0 Å². The Hall–Kier alpha value is -1.59. The predicted octanol–water partition coefficient (Wildman–Crippen LogP) is 1.44. The molecular weight excluding hydrogens is 240 g/mol. The Morgan fingerprint density at radius 3 is 2.76 bits per heavy atom. The molecule has 0 saturated carbocycles. The lowest BCUT2D eigenvalue weighted by Gasteiger charge is -2.12. The van der Waals surface area contributed by atoms with Crippen molar-refractivity contribution in [2.24, 2.45) is 7.05 Å². The first kappa shape index (κ1) is 11.9. The maximum atomic E-state index is 10.3. The number of nitrogen functional groups attached to an aromatic ring is 1. The van der Waals surface area contributed by atoms with Crippen molar-refractivity contribution in [2.75, 3.05) is 5.73 Å². The predicted molar refractivity (Wildman–Crippen MR) is 65.7 cm³/mol. The van der Waals surface area contributed by atoms with Gasteiger partial charge in [-0.2, -0.15) is 5.10 Å². The molecule has 5 nitrogen and oxygen atoms in total. The quantitative estimate of drug-likeness (QED) is 0.848. The average Bonchev–Trinajstić information content (AvgIpc) is 2.53. The normalized spacial score (nSPS) is 12.7. The first-order valence-electron chi connectivity index (χ1n) is 5.08. The third kappa shape index (κ3) is 1.99. The number of anilines is 1. The molecule has 0 radical (unpaired) electrons. The van der Waals surface area contributed by atoms with Gasteiger partial charge in [0.2, 0.25) is 0 Å². The fraction of sp³-hybridized carbons (Fsp3) is 0.273. The molecule has 17 heavy (non-hydrogen) atoms. The highest BCUT2D eigenvalue weighted by molar-refractivity contribution is 6.30. The molecule has 1 atom stereocenters. The molecule has 2 aromatic heterocycles. The van der Waals surface area contributed by atoms with E-state index >= 15 is 0 Å². The molecule has 0 bridgehead atoms. The van der Waals surface area contributed by atoms with Crippen molar-refractivity contribution in [2.45, 2.75) is 13.0 Å². The van der Waals surface area contributed by atoms with Crippen molar-refractivity contribution >= 4 is 17.3 Å². The number of aliphatic hydroxyl groups excluding tert-OH is 1. The summed E-state index contributed by atoms with van der Waals surface area (Å²) in [5, 5.41) is 14.8. The van der Waals surface area contributed by atoms with E-state index in [4.69, 9.17) is 17.3 Å². The number of aliphatic hydroxyl groups is 1. The zero-order valence-electron chi connectivity index (χ0n) is 9.55. The number of halogens is 1. The van der Waals surface area contributed by atoms with Gasteiger partial charge in [-0.3, -0.25) is 9.67 Å². The molecule has 0 aliphatic rings. The highest BCUT2D eigenvalue weighted by Crippen LogP contribution is 2.32. The van der Waals surface area contributed by atoms with Crippen molar-refractivity contribution < 1.29 is 5.11 Å². The van der Waals surface area contributed by atoms with Crippen LogP contribution in [0, 0.1) is 6.92 Å². The van der Waals surface area contributed by atoms with Gasteiger partial charge in [-0.05, 0) is 13.0 Å². The molecule has 0 saturated heterocycles. The van der Waals surface area contributed by atoms with E-state index in [2.05, 4.69) is 10.1 Å². The van der Waals surface area contributed by atoms with Crippen molar-refractivity contribution in [1.82, 2.24) is 14.8 Å². The van der Waals surface area contributed by atoms with Crippen LogP contribution in [0.25, 0.3) is 0 Å². The maximum absolute atomic E-state index is 10.3. The minimum Gasteiger partial charge on any atom is -0.398 e. The summed E-state index contributed by atoms with van der Waals surface area (Å²) in [6.45, 7) is 1.79. The van der Waals surface area contributed by atoms with Crippen LogP contribution in [0.2, 0.25) is 5.15 Å². The van der Waals surface area contributed by atoms with Gasteiger partial charge in [-0.15, -0.1) is 0 Å². The number of hydrogen-bond acceptors (Lipinski definition) is 4. The molecule has 2 rings (SSSR count). The lowest BCUT2D eigenvalue weighted by Crippen LogP contribution is -2.05. The van der Waals surface area contributed by atoms with Crippen LogP contribution in [-0.4, -0.2) is 19.9 Å². The monoisotopic (exact) mass is 252 g/mol. The highest BCUT2D eigenvalue weighted by atomic mass is 35.5. The molecule has 1 unspecified atom stereocenters. The van der Waals surface area contributed by atoms with Gasteiger partial charge in [0.05, 0.1) is 5.69 Å². The van der Waals surface area contributed by atoms with Crippen molar-refractivity contribution in [1.29, 1.82) is 0 Å². The molecule has 2 aromatic rings. The van der Waals surface area contributed by atoms with Gasteiger partial charge in [0.15, 0.2) is 0 Å². The number of aryl methyl sites for hydroxylation is 2. The van der Waals surface area contributed by atoms with Crippen LogP contribution in [0.15, 0.2) is 18.5 Å². The molecule has 0 aliphatic carbocycles. The van der Waals surface area contributed by atoms with Crippen LogP contribution in [0.4, 0.5) is 5.69 Å². The largest absolute Gasteiger partial charge is 0.398 e. The first-order valence-corrected chi connectivity index (χ1v) is 5.46. The fourth-order valence-electron chi connectivity index (χ4n) is 1.76. The van der Waals surface area contributed by atoms with Crippen molar-refractivity contribution in [3.05, 3.63) is 40.4 Å². The van der Waals surface area contributed by atoms with Crippen LogP contribution in [0.3, 0.4) is 0 Å². The van der Waals surface area contributed by atoms with Gasteiger partial charge in [0, 0.05) is 36.3 Å². The molecule has 0 spiro atoms. The molecule has 0 aromatic carbocycles.